The molecule has 23 heavy (non-hydrogen) atoms. The van der Waals surface area contributed by atoms with Crippen LogP contribution in [0, 0.1) is 0 Å². The van der Waals surface area contributed by atoms with E-state index in [1.54, 1.807) is 36.4 Å². The van der Waals surface area contributed by atoms with Gasteiger partial charge in [0.15, 0.2) is 0 Å². The summed E-state index contributed by atoms with van der Waals surface area (Å²) in [6.07, 6.45) is 0. The highest BCUT2D eigenvalue weighted by molar-refractivity contribution is 7.92. The molecule has 122 valence electrons. The molecule has 0 spiro atoms. The van der Waals surface area contributed by atoms with Crippen LogP contribution in [0.5, 0.6) is 5.75 Å². The standard InChI is InChI=1S/C16H18N2O4S/c1-12(19)17-13-7-9-16(10-8-13)23(20,21)18(2)14-5-4-6-15(11-14)22-3/h4-11H,1-3H3,(H,17,19). The lowest BCUT2D eigenvalue weighted by Gasteiger charge is -2.20. The number of anilines is 2. The largest absolute Gasteiger partial charge is 0.497 e. The monoisotopic (exact) mass is 334 g/mol. The third-order valence-electron chi connectivity index (χ3n) is 3.25. The van der Waals surface area contributed by atoms with Gasteiger partial charge in [-0.3, -0.25) is 9.10 Å². The molecule has 6 nitrogen and oxygen atoms in total. The maximum atomic E-state index is 12.7. The minimum Gasteiger partial charge on any atom is -0.497 e. The number of nitrogens with zero attached hydrogens (tertiary/aromatic N) is 1. The van der Waals surface area contributed by atoms with Crippen molar-refractivity contribution in [2.45, 2.75) is 11.8 Å². The highest BCUT2D eigenvalue weighted by atomic mass is 32.2. The second kappa shape index (κ2) is 6.70. The van der Waals surface area contributed by atoms with E-state index in [9.17, 15) is 13.2 Å². The van der Waals surface area contributed by atoms with Gasteiger partial charge in [-0.05, 0) is 36.4 Å². The molecule has 0 aliphatic rings. The molecule has 0 saturated heterocycles. The molecule has 0 bridgehead atoms. The van der Waals surface area contributed by atoms with Crippen molar-refractivity contribution >= 4 is 27.3 Å². The van der Waals surface area contributed by atoms with E-state index < -0.39 is 10.0 Å². The fraction of sp³-hybridized carbons (Fsp3) is 0.188. The first-order chi connectivity index (χ1) is 10.8. The molecule has 2 aromatic rings. The molecule has 0 atom stereocenters. The maximum absolute atomic E-state index is 12.7. The first kappa shape index (κ1) is 16.8. The normalized spacial score (nSPS) is 10.9. The number of amides is 1. The minimum absolute atomic E-state index is 0.136. The van der Waals surface area contributed by atoms with Gasteiger partial charge in [-0.15, -0.1) is 0 Å². The van der Waals surface area contributed by atoms with Gasteiger partial charge in [0.1, 0.15) is 5.75 Å². The molecule has 0 unspecified atom stereocenters. The Morgan fingerprint density at radius 3 is 2.35 bits per heavy atom. The number of hydrogen-bond donors (Lipinski definition) is 1. The van der Waals surface area contributed by atoms with Crippen molar-refractivity contribution in [3.8, 4) is 5.75 Å². The van der Waals surface area contributed by atoms with E-state index >= 15 is 0 Å². The summed E-state index contributed by atoms with van der Waals surface area (Å²) in [4.78, 5) is 11.1. The molecule has 0 aliphatic heterocycles. The van der Waals surface area contributed by atoms with Gasteiger partial charge < -0.3 is 10.1 Å². The quantitative estimate of drug-likeness (QED) is 0.911. The second-order valence-electron chi connectivity index (χ2n) is 4.88. The zero-order valence-corrected chi connectivity index (χ0v) is 13.9. The number of benzene rings is 2. The number of rotatable bonds is 5. The summed E-state index contributed by atoms with van der Waals surface area (Å²) < 4.78 is 31.6. The lowest BCUT2D eigenvalue weighted by atomic mass is 10.3. The van der Waals surface area contributed by atoms with Gasteiger partial charge in [-0.25, -0.2) is 8.42 Å². The third kappa shape index (κ3) is 3.81. The Hall–Kier alpha value is -2.54. The number of methoxy groups -OCH3 is 1. The van der Waals surface area contributed by atoms with Crippen LogP contribution in [0.25, 0.3) is 0 Å². The molecule has 7 heteroatoms. The number of carbonyl (C=O) groups is 1. The highest BCUT2D eigenvalue weighted by Crippen LogP contribution is 2.26. The molecule has 0 aliphatic carbocycles. The molecule has 2 aromatic carbocycles. The van der Waals surface area contributed by atoms with Crippen molar-refractivity contribution in [3.05, 3.63) is 48.5 Å². The van der Waals surface area contributed by atoms with Crippen molar-refractivity contribution < 1.29 is 17.9 Å². The van der Waals surface area contributed by atoms with Gasteiger partial charge in [0.25, 0.3) is 10.0 Å². The van der Waals surface area contributed by atoms with Crippen LogP contribution >= 0.6 is 0 Å². The van der Waals surface area contributed by atoms with Crippen LogP contribution in [0.15, 0.2) is 53.4 Å². The van der Waals surface area contributed by atoms with Gasteiger partial charge >= 0.3 is 0 Å². The average molecular weight is 334 g/mol. The van der Waals surface area contributed by atoms with E-state index in [2.05, 4.69) is 5.32 Å². The summed E-state index contributed by atoms with van der Waals surface area (Å²) >= 11 is 0. The van der Waals surface area contributed by atoms with Crippen LogP contribution in [0.4, 0.5) is 11.4 Å². The number of sulfonamides is 1. The van der Waals surface area contributed by atoms with Gasteiger partial charge in [0.05, 0.1) is 17.7 Å². The number of hydrogen-bond acceptors (Lipinski definition) is 4. The van der Waals surface area contributed by atoms with Crippen LogP contribution < -0.4 is 14.4 Å². The molecule has 2 rings (SSSR count). The van der Waals surface area contributed by atoms with Crippen LogP contribution in [0.3, 0.4) is 0 Å². The smallest absolute Gasteiger partial charge is 0.264 e. The minimum atomic E-state index is -3.70. The van der Waals surface area contributed by atoms with E-state index in [1.165, 1.54) is 37.5 Å². The van der Waals surface area contributed by atoms with Crippen LogP contribution in [0.2, 0.25) is 0 Å². The molecular weight excluding hydrogens is 316 g/mol. The number of nitrogens with one attached hydrogen (secondary N) is 1. The predicted octanol–water partition coefficient (Wildman–Crippen LogP) is 2.48. The Labute approximate surface area is 135 Å². The third-order valence-corrected chi connectivity index (χ3v) is 5.05. The molecule has 1 N–H and O–H groups in total. The Morgan fingerprint density at radius 2 is 1.78 bits per heavy atom. The fourth-order valence-electron chi connectivity index (χ4n) is 2.02. The molecule has 0 saturated carbocycles. The Bertz CT molecular complexity index is 801. The molecule has 0 radical (unpaired) electrons. The number of ether oxygens (including phenoxy) is 1. The van der Waals surface area contributed by atoms with E-state index in [0.29, 0.717) is 17.1 Å². The van der Waals surface area contributed by atoms with Gasteiger partial charge in [-0.2, -0.15) is 0 Å². The molecular formula is C16H18N2O4S. The predicted molar refractivity (Wildman–Crippen MR) is 89.3 cm³/mol. The average Bonchev–Trinajstić information content (AvgIpc) is 2.54. The van der Waals surface area contributed by atoms with Gasteiger partial charge in [0.2, 0.25) is 5.91 Å². The molecule has 0 aromatic heterocycles. The maximum Gasteiger partial charge on any atom is 0.264 e. The molecule has 1 amide bonds. The summed E-state index contributed by atoms with van der Waals surface area (Å²) in [5.41, 5.74) is 1.04. The van der Waals surface area contributed by atoms with E-state index in [1.807, 2.05) is 0 Å². The fourth-order valence-corrected chi connectivity index (χ4v) is 3.20. The summed E-state index contributed by atoms with van der Waals surface area (Å²) in [5.74, 6) is 0.361. The van der Waals surface area contributed by atoms with E-state index in [-0.39, 0.29) is 10.8 Å². The second-order valence-corrected chi connectivity index (χ2v) is 6.85. The SMILES string of the molecule is COc1cccc(N(C)S(=O)(=O)c2ccc(NC(C)=O)cc2)c1. The lowest BCUT2D eigenvalue weighted by molar-refractivity contribution is -0.114. The molecule has 0 heterocycles. The summed E-state index contributed by atoms with van der Waals surface area (Å²) in [6.45, 7) is 1.39. The van der Waals surface area contributed by atoms with Crippen molar-refractivity contribution in [3.63, 3.8) is 0 Å². The van der Waals surface area contributed by atoms with Crippen LogP contribution in [-0.4, -0.2) is 28.5 Å². The highest BCUT2D eigenvalue weighted by Gasteiger charge is 2.21. The van der Waals surface area contributed by atoms with E-state index in [0.717, 1.165) is 0 Å². The van der Waals surface area contributed by atoms with E-state index in [4.69, 9.17) is 4.74 Å². The summed E-state index contributed by atoms with van der Waals surface area (Å²) in [7, 11) is -0.697. The number of carbonyl (C=O) groups excluding carboxylic acids is 1. The zero-order chi connectivity index (χ0) is 17.0. The Morgan fingerprint density at radius 1 is 1.13 bits per heavy atom. The topological polar surface area (TPSA) is 75.7 Å². The Balaban J connectivity index is 2.31. The van der Waals surface area contributed by atoms with Crippen LogP contribution in [-0.2, 0) is 14.8 Å². The van der Waals surface area contributed by atoms with Crippen molar-refractivity contribution in [1.29, 1.82) is 0 Å². The van der Waals surface area contributed by atoms with Gasteiger partial charge in [0, 0.05) is 25.7 Å². The summed E-state index contributed by atoms with van der Waals surface area (Å²) in [6, 6.07) is 12.8. The first-order valence-corrected chi connectivity index (χ1v) is 8.29. The zero-order valence-electron chi connectivity index (χ0n) is 13.1. The molecule has 0 fully saturated rings. The Kier molecular flexibility index (Phi) is 4.90. The summed E-state index contributed by atoms with van der Waals surface area (Å²) in [5, 5.41) is 2.60. The first-order valence-electron chi connectivity index (χ1n) is 6.85. The van der Waals surface area contributed by atoms with Crippen molar-refractivity contribution in [2.24, 2.45) is 0 Å². The van der Waals surface area contributed by atoms with Crippen molar-refractivity contribution in [1.82, 2.24) is 0 Å². The van der Waals surface area contributed by atoms with Crippen LogP contribution in [0.1, 0.15) is 6.92 Å². The van der Waals surface area contributed by atoms with Crippen molar-refractivity contribution in [2.75, 3.05) is 23.8 Å². The van der Waals surface area contributed by atoms with Gasteiger partial charge in [-0.1, -0.05) is 6.07 Å². The lowest BCUT2D eigenvalue weighted by Crippen LogP contribution is -2.26.